The van der Waals surface area contributed by atoms with Crippen LogP contribution in [0.4, 0.5) is 0 Å². The smallest absolute Gasteiger partial charge is 0.0661 e. The van der Waals surface area contributed by atoms with Gasteiger partial charge in [-0.25, -0.2) is 0 Å². The van der Waals surface area contributed by atoms with Crippen LogP contribution in [0.25, 0.3) is 0 Å². The Morgan fingerprint density at radius 3 is 2.67 bits per heavy atom. The highest BCUT2D eigenvalue weighted by atomic mass is 35.5. The Kier molecular flexibility index (Phi) is 4.44. The molecule has 0 fully saturated rings. The predicted molar refractivity (Wildman–Crippen MR) is 80.3 cm³/mol. The van der Waals surface area contributed by atoms with Gasteiger partial charge < -0.3 is 5.73 Å². The van der Waals surface area contributed by atoms with Gasteiger partial charge in [-0.05, 0) is 34.9 Å². The van der Waals surface area contributed by atoms with Crippen molar-refractivity contribution in [2.24, 2.45) is 11.7 Å². The first-order valence-corrected chi connectivity index (χ1v) is 7.41. The summed E-state index contributed by atoms with van der Waals surface area (Å²) in [5, 5.41) is 2.75. The normalized spacial score (nSPS) is 12.9. The van der Waals surface area contributed by atoms with Gasteiger partial charge in [-0.1, -0.05) is 49.7 Å². The predicted octanol–water partition coefficient (Wildman–Crippen LogP) is 4.65. The molecule has 1 atom stereocenters. The van der Waals surface area contributed by atoms with E-state index in [2.05, 4.69) is 38.1 Å². The monoisotopic (exact) mass is 279 g/mol. The molecule has 3 heteroatoms. The Morgan fingerprint density at radius 2 is 2.06 bits per heavy atom. The largest absolute Gasteiger partial charge is 0.320 e. The number of hydrogen-bond donors (Lipinski definition) is 1. The minimum absolute atomic E-state index is 0.121. The van der Waals surface area contributed by atoms with E-state index in [9.17, 15) is 0 Å². The first-order chi connectivity index (χ1) is 8.58. The van der Waals surface area contributed by atoms with Crippen molar-refractivity contribution in [1.29, 1.82) is 0 Å². The third-order valence-electron chi connectivity index (χ3n) is 2.88. The van der Waals surface area contributed by atoms with E-state index >= 15 is 0 Å². The Hall–Kier alpha value is -0.830. The quantitative estimate of drug-likeness (QED) is 0.866. The lowest BCUT2D eigenvalue weighted by molar-refractivity contribution is 0.646. The molecular weight excluding hydrogens is 262 g/mol. The number of rotatable bonds is 4. The highest BCUT2D eigenvalue weighted by Gasteiger charge is 2.14. The molecule has 2 rings (SSSR count). The summed E-state index contributed by atoms with van der Waals surface area (Å²) >= 11 is 7.75. The molecule has 0 aliphatic rings. The van der Waals surface area contributed by atoms with Gasteiger partial charge in [-0.3, -0.25) is 0 Å². The average Bonchev–Trinajstić information content (AvgIpc) is 2.74. The molecule has 18 heavy (non-hydrogen) atoms. The van der Waals surface area contributed by atoms with E-state index in [0.29, 0.717) is 5.92 Å². The van der Waals surface area contributed by atoms with Crippen LogP contribution >= 0.6 is 22.9 Å². The summed E-state index contributed by atoms with van der Waals surface area (Å²) in [6.45, 7) is 4.45. The summed E-state index contributed by atoms with van der Waals surface area (Å²) in [6.07, 6.45) is 1.08. The van der Waals surface area contributed by atoms with Crippen molar-refractivity contribution >= 4 is 22.9 Å². The van der Waals surface area contributed by atoms with Gasteiger partial charge in [0.15, 0.2) is 0 Å². The lowest BCUT2D eigenvalue weighted by Gasteiger charge is -2.13. The van der Waals surface area contributed by atoms with Crippen molar-refractivity contribution in [3.8, 4) is 0 Å². The number of thiophene rings is 1. The highest BCUT2D eigenvalue weighted by Crippen LogP contribution is 2.31. The first kappa shape index (κ1) is 13.6. The molecule has 1 aromatic carbocycles. The molecule has 0 spiro atoms. The topological polar surface area (TPSA) is 26.0 Å². The molecule has 96 valence electrons. The van der Waals surface area contributed by atoms with Crippen LogP contribution in [0, 0.1) is 5.92 Å². The van der Waals surface area contributed by atoms with Crippen LogP contribution in [-0.2, 0) is 6.42 Å². The maximum absolute atomic E-state index is 6.29. The summed E-state index contributed by atoms with van der Waals surface area (Å²) in [5.74, 6) is 0.654. The molecule has 2 N–H and O–H groups in total. The Balaban J connectivity index is 2.25. The Labute approximate surface area is 118 Å². The van der Waals surface area contributed by atoms with Gasteiger partial charge in [0, 0.05) is 4.88 Å². The van der Waals surface area contributed by atoms with Gasteiger partial charge in [-0.2, -0.15) is 0 Å². The minimum Gasteiger partial charge on any atom is -0.320 e. The van der Waals surface area contributed by atoms with E-state index < -0.39 is 0 Å². The van der Waals surface area contributed by atoms with Gasteiger partial charge in [0.05, 0.1) is 11.1 Å². The van der Waals surface area contributed by atoms with Gasteiger partial charge in [0.2, 0.25) is 0 Å². The fourth-order valence-corrected chi connectivity index (χ4v) is 3.27. The van der Waals surface area contributed by atoms with Crippen LogP contribution in [-0.4, -0.2) is 0 Å². The first-order valence-electron chi connectivity index (χ1n) is 6.15. The third kappa shape index (κ3) is 3.14. The molecule has 0 saturated carbocycles. The lowest BCUT2D eigenvalue weighted by atomic mass is 9.98. The standard InChI is InChI=1S/C15H18ClNS/c1-10(2)8-11-4-3-5-12(9-11)14(17)15-13(16)6-7-18-15/h3-7,9-10,14H,8,17H2,1-2H3. The second-order valence-electron chi connectivity index (χ2n) is 4.95. The molecule has 0 saturated heterocycles. The number of halogens is 1. The van der Waals surface area contributed by atoms with Crippen molar-refractivity contribution < 1.29 is 0 Å². The van der Waals surface area contributed by atoms with E-state index in [1.54, 1.807) is 11.3 Å². The molecule has 0 aliphatic carbocycles. The van der Waals surface area contributed by atoms with Crippen LogP contribution < -0.4 is 5.73 Å². The molecule has 0 bridgehead atoms. The van der Waals surface area contributed by atoms with Crippen LogP contribution in [0.5, 0.6) is 0 Å². The zero-order valence-electron chi connectivity index (χ0n) is 10.7. The van der Waals surface area contributed by atoms with Gasteiger partial charge >= 0.3 is 0 Å². The summed E-state index contributed by atoms with van der Waals surface area (Å²) in [4.78, 5) is 1.04. The number of hydrogen-bond acceptors (Lipinski definition) is 2. The van der Waals surface area contributed by atoms with E-state index in [1.807, 2.05) is 11.4 Å². The van der Waals surface area contributed by atoms with Gasteiger partial charge in [0.25, 0.3) is 0 Å². The van der Waals surface area contributed by atoms with Crippen LogP contribution in [0.1, 0.15) is 35.9 Å². The molecule has 0 radical (unpaired) electrons. The van der Waals surface area contributed by atoms with Crippen LogP contribution in [0.2, 0.25) is 5.02 Å². The zero-order valence-corrected chi connectivity index (χ0v) is 12.3. The minimum atomic E-state index is -0.121. The average molecular weight is 280 g/mol. The number of benzene rings is 1. The second-order valence-corrected chi connectivity index (χ2v) is 6.31. The molecule has 1 nitrogen and oxygen atoms in total. The van der Waals surface area contributed by atoms with E-state index in [1.165, 1.54) is 5.56 Å². The summed E-state index contributed by atoms with van der Waals surface area (Å²) < 4.78 is 0. The lowest BCUT2D eigenvalue weighted by Crippen LogP contribution is -2.11. The SMILES string of the molecule is CC(C)Cc1cccc(C(N)c2sccc2Cl)c1. The Morgan fingerprint density at radius 1 is 1.28 bits per heavy atom. The summed E-state index contributed by atoms with van der Waals surface area (Å²) in [6, 6.07) is 10.3. The maximum Gasteiger partial charge on any atom is 0.0661 e. The fourth-order valence-electron chi connectivity index (χ4n) is 2.06. The fraction of sp³-hybridized carbons (Fsp3) is 0.333. The van der Waals surface area contributed by atoms with E-state index in [0.717, 1.165) is 21.9 Å². The maximum atomic E-state index is 6.29. The summed E-state index contributed by atoms with van der Waals surface area (Å²) in [7, 11) is 0. The van der Waals surface area contributed by atoms with Crippen LogP contribution in [0.15, 0.2) is 35.7 Å². The summed E-state index contributed by atoms with van der Waals surface area (Å²) in [5.41, 5.74) is 8.76. The molecule has 2 aromatic rings. The second kappa shape index (κ2) is 5.87. The van der Waals surface area contributed by atoms with Crippen molar-refractivity contribution in [2.45, 2.75) is 26.3 Å². The van der Waals surface area contributed by atoms with Gasteiger partial charge in [-0.15, -0.1) is 11.3 Å². The third-order valence-corrected chi connectivity index (χ3v) is 4.32. The Bertz CT molecular complexity index is 519. The molecule has 1 aromatic heterocycles. The van der Waals surface area contributed by atoms with Crippen LogP contribution in [0.3, 0.4) is 0 Å². The van der Waals surface area contributed by atoms with Crippen molar-refractivity contribution in [1.82, 2.24) is 0 Å². The van der Waals surface area contributed by atoms with Gasteiger partial charge in [0.1, 0.15) is 0 Å². The van der Waals surface area contributed by atoms with Crippen molar-refractivity contribution in [2.75, 3.05) is 0 Å². The number of nitrogens with two attached hydrogens (primary N) is 1. The highest BCUT2D eigenvalue weighted by molar-refractivity contribution is 7.10. The molecular formula is C15H18ClNS. The van der Waals surface area contributed by atoms with E-state index in [-0.39, 0.29) is 6.04 Å². The van der Waals surface area contributed by atoms with Crippen molar-refractivity contribution in [3.05, 3.63) is 56.7 Å². The van der Waals surface area contributed by atoms with E-state index in [4.69, 9.17) is 17.3 Å². The molecule has 1 unspecified atom stereocenters. The molecule has 1 heterocycles. The zero-order chi connectivity index (χ0) is 13.1. The molecule has 0 aliphatic heterocycles. The molecule has 0 amide bonds. The van der Waals surface area contributed by atoms with Crippen molar-refractivity contribution in [3.63, 3.8) is 0 Å².